The maximum Gasteiger partial charge on any atom is 0.416 e. The second-order valence-electron chi connectivity index (χ2n) is 9.89. The van der Waals surface area contributed by atoms with Crippen LogP contribution in [0.3, 0.4) is 0 Å². The predicted octanol–water partition coefficient (Wildman–Crippen LogP) is 7.53. The van der Waals surface area contributed by atoms with Gasteiger partial charge < -0.3 is 14.4 Å². The fraction of sp³-hybridized carbons (Fsp3) is 0.378. The number of likely N-dealkylation sites (N-methyl/N-ethyl adjacent to an activating group) is 1. The Morgan fingerprint density at radius 2 is 1.69 bits per heavy atom. The lowest BCUT2D eigenvalue weighted by atomic mass is 9.98. The van der Waals surface area contributed by atoms with Crippen LogP contribution in [0.25, 0.3) is 11.1 Å². The van der Waals surface area contributed by atoms with Crippen LogP contribution in [0.2, 0.25) is 0 Å². The van der Waals surface area contributed by atoms with Crippen molar-refractivity contribution in [3.63, 3.8) is 0 Å². The lowest BCUT2D eigenvalue weighted by Crippen LogP contribution is -2.40. The molecule has 1 heterocycles. The first-order chi connectivity index (χ1) is 31.0. The summed E-state index contributed by atoms with van der Waals surface area (Å²) >= 11 is -0.0221. The van der Waals surface area contributed by atoms with E-state index in [2.05, 4.69) is 4.98 Å². The van der Waals surface area contributed by atoms with E-state index >= 15 is 4.79 Å². The minimum atomic E-state index is -5.30. The molecule has 0 spiro atoms. The standard InChI is InChI=1S/C37H40F4N4O2S/c1-4-43(5-2)19-20-44(22-26-9-13-28(14-10-26)29-15-18-32(25(3)21-29)37(39,40)41)34(46)23-45-33-8-6-7-31(33)35(47)42-36(45)48-24-27-11-16-30(38)17-12-27/h9-18,21H,4-8,19-20,22-24H2,1-3H3/i4D2,5D2,9D,10D,13D,14D,15D,18D,19D2,20D2,21D,22D2,23D2,24D2. The molecule has 11 heteroatoms. The number of fused-ring (bicyclic) bond motifs is 1. The van der Waals surface area contributed by atoms with Crippen molar-refractivity contribution in [3.05, 3.63) is 116 Å². The molecule has 1 amide bonds. The van der Waals surface area contributed by atoms with Crippen molar-refractivity contribution >= 4 is 17.7 Å². The third-order valence-electron chi connectivity index (χ3n) is 6.72. The van der Waals surface area contributed by atoms with E-state index in [1.165, 1.54) is 0 Å². The van der Waals surface area contributed by atoms with Gasteiger partial charge in [0.1, 0.15) is 12.3 Å². The van der Waals surface area contributed by atoms with Crippen LogP contribution in [-0.4, -0.2) is 51.2 Å². The maximum atomic E-state index is 15.3. The summed E-state index contributed by atoms with van der Waals surface area (Å²) in [4.78, 5) is 31.1. The van der Waals surface area contributed by atoms with Crippen molar-refractivity contribution < 1.29 is 51.1 Å². The maximum absolute atomic E-state index is 15.3. The summed E-state index contributed by atoms with van der Waals surface area (Å²) in [6.07, 6.45) is -5.61. The van der Waals surface area contributed by atoms with Crippen molar-refractivity contribution in [1.29, 1.82) is 0 Å². The number of benzene rings is 3. The van der Waals surface area contributed by atoms with Gasteiger partial charge in [-0.05, 0) is 85.2 Å². The Balaban J connectivity index is 1.90. The highest BCUT2D eigenvalue weighted by Gasteiger charge is 2.32. The van der Waals surface area contributed by atoms with Gasteiger partial charge >= 0.3 is 6.18 Å². The predicted molar refractivity (Wildman–Crippen MR) is 181 cm³/mol. The molecule has 1 aromatic heterocycles. The van der Waals surface area contributed by atoms with E-state index in [1.807, 2.05) is 0 Å². The van der Waals surface area contributed by atoms with E-state index in [1.54, 1.807) is 0 Å². The monoisotopic (exact) mass is 701 g/mol. The highest BCUT2D eigenvalue weighted by Crippen LogP contribution is 2.34. The minimum Gasteiger partial charge on any atom is -0.336 e. The molecule has 0 saturated carbocycles. The highest BCUT2D eigenvalue weighted by molar-refractivity contribution is 7.98. The van der Waals surface area contributed by atoms with E-state index in [9.17, 15) is 30.6 Å². The van der Waals surface area contributed by atoms with Crippen molar-refractivity contribution in [3.8, 4) is 11.1 Å². The Bertz CT molecular complexity index is 2730. The van der Waals surface area contributed by atoms with E-state index < -0.39 is 153 Å². The summed E-state index contributed by atoms with van der Waals surface area (Å²) in [5.41, 5.74) is -11.4. The van der Waals surface area contributed by atoms with Crippen molar-refractivity contribution in [2.24, 2.45) is 0 Å². The average Bonchev–Trinajstić information content (AvgIpc) is 3.66. The molecule has 0 atom stereocenters. The van der Waals surface area contributed by atoms with Gasteiger partial charge in [0.15, 0.2) is 5.16 Å². The first-order valence-corrected chi connectivity index (χ1v) is 14.9. The zero-order valence-electron chi connectivity index (χ0n) is 46.5. The topological polar surface area (TPSA) is 58.4 Å². The summed E-state index contributed by atoms with van der Waals surface area (Å²) in [5, 5.41) is -0.972. The Kier molecular flexibility index (Phi) is 5.53. The second-order valence-corrected chi connectivity index (χ2v) is 10.7. The van der Waals surface area contributed by atoms with Gasteiger partial charge in [0.05, 0.1) is 23.4 Å². The number of halogens is 4. The van der Waals surface area contributed by atoms with Crippen molar-refractivity contribution in [2.75, 3.05) is 26.0 Å². The lowest BCUT2D eigenvalue weighted by molar-refractivity contribution is -0.138. The first kappa shape index (κ1) is 17.1. The van der Waals surface area contributed by atoms with Gasteiger partial charge in [0.2, 0.25) is 5.91 Å². The molecule has 0 unspecified atom stereocenters. The molecule has 254 valence electrons. The smallest absolute Gasteiger partial charge is 0.336 e. The molecule has 0 bridgehead atoms. The summed E-state index contributed by atoms with van der Waals surface area (Å²) < 4.78 is 241. The van der Waals surface area contributed by atoms with Gasteiger partial charge in [0, 0.05) is 47.4 Å². The number of hydrogen-bond donors (Lipinski definition) is 0. The molecular weight excluding hydrogens is 640 g/mol. The molecule has 0 aliphatic heterocycles. The third kappa shape index (κ3) is 8.54. The van der Waals surface area contributed by atoms with Gasteiger partial charge in [-0.3, -0.25) is 9.59 Å². The van der Waals surface area contributed by atoms with E-state index in [0.717, 1.165) is 31.2 Å². The Morgan fingerprint density at radius 1 is 1.00 bits per heavy atom. The number of amides is 1. The molecule has 0 N–H and O–H groups in total. The largest absolute Gasteiger partial charge is 0.416 e. The number of hydrogen-bond acceptors (Lipinski definition) is 5. The van der Waals surface area contributed by atoms with Crippen LogP contribution in [0.15, 0.2) is 76.5 Å². The molecule has 5 rings (SSSR count). The number of carbonyl (C=O) groups excluding carboxylic acids is 1. The van der Waals surface area contributed by atoms with E-state index in [0.29, 0.717) is 18.4 Å². The van der Waals surface area contributed by atoms with Crippen LogP contribution in [0.1, 0.15) is 82.6 Å². The molecule has 0 saturated heterocycles. The summed E-state index contributed by atoms with van der Waals surface area (Å²) in [7, 11) is 0. The van der Waals surface area contributed by atoms with Crippen LogP contribution in [-0.2, 0) is 42.5 Å². The molecule has 1 aliphatic carbocycles. The quantitative estimate of drug-likeness (QED) is 0.0820. The molecule has 48 heavy (non-hydrogen) atoms. The van der Waals surface area contributed by atoms with Crippen molar-refractivity contribution in [1.82, 2.24) is 19.4 Å². The molecule has 0 radical (unpaired) electrons. The number of alkyl halides is 3. The van der Waals surface area contributed by atoms with Crippen LogP contribution in [0.5, 0.6) is 0 Å². The molecule has 1 aliphatic rings. The number of thioether (sulfide) groups is 1. The normalized spacial score (nSPS) is 21.3. The Hall–Kier alpha value is -3.96. The molecule has 4 aromatic rings. The molecule has 3 aromatic carbocycles. The summed E-state index contributed by atoms with van der Waals surface area (Å²) in [5.74, 6) is -3.35. The second kappa shape index (κ2) is 15.5. The highest BCUT2D eigenvalue weighted by atomic mass is 32.2. The number of rotatable bonds is 13. The van der Waals surface area contributed by atoms with Gasteiger partial charge in [0.25, 0.3) is 5.56 Å². The van der Waals surface area contributed by atoms with Crippen LogP contribution < -0.4 is 5.56 Å². The molecule has 6 nitrogen and oxygen atoms in total. The minimum absolute atomic E-state index is 0.0221. The Morgan fingerprint density at radius 3 is 2.35 bits per heavy atom. The first-order valence-electron chi connectivity index (χ1n) is 24.6. The van der Waals surface area contributed by atoms with Gasteiger partial charge in [-0.25, -0.2) is 4.39 Å². The number of nitrogens with zero attached hydrogens (tertiary/aromatic N) is 4. The van der Waals surface area contributed by atoms with Gasteiger partial charge in [-0.1, -0.05) is 74.0 Å². The fourth-order valence-electron chi connectivity index (χ4n) is 4.44. The van der Waals surface area contributed by atoms with E-state index in [4.69, 9.17) is 20.6 Å². The Labute approximate surface area is 312 Å². The zero-order chi connectivity index (χ0) is 53.1. The third-order valence-corrected chi connectivity index (χ3v) is 7.52. The lowest BCUT2D eigenvalue weighted by Gasteiger charge is -2.28. The molecule has 0 fully saturated rings. The summed E-state index contributed by atoms with van der Waals surface area (Å²) in [6, 6.07) is -6.73. The SMILES string of the molecule is [2H]c1c([2H])c(C([2H])([2H])N(C(=O)C([2H])([2H])n2c(SC([2H])([2H])c3ccc(F)cc3)nc(=O)c3c2CCC3)C([2H])([2H])C([2H])([2H])N(C([2H])([2H])C)C([2H])([2H])C)c([2H])c([2H])c1-c1c([2H])c([2H])c(C(F)(F)F)c(C)c1[2H]. The number of carbonyl (C=O) groups is 1. The summed E-state index contributed by atoms with van der Waals surface area (Å²) in [6.45, 7) is -22.3. The zero-order valence-corrected chi connectivity index (χ0v) is 26.3. The fourth-order valence-corrected chi connectivity index (χ4v) is 5.16. The van der Waals surface area contributed by atoms with Crippen LogP contribution in [0, 0.1) is 12.7 Å². The van der Waals surface area contributed by atoms with Crippen LogP contribution >= 0.6 is 11.8 Å². The van der Waals surface area contributed by atoms with E-state index in [-0.39, 0.29) is 47.8 Å². The molecular formula is C37H40F4N4O2S. The van der Waals surface area contributed by atoms with Gasteiger partial charge in [-0.15, -0.1) is 0 Å². The van der Waals surface area contributed by atoms with Gasteiger partial charge in [-0.2, -0.15) is 18.2 Å². The number of aromatic nitrogens is 2. The average molecular weight is 702 g/mol. The van der Waals surface area contributed by atoms with Crippen LogP contribution in [0.4, 0.5) is 17.6 Å². The van der Waals surface area contributed by atoms with Crippen molar-refractivity contribution in [2.45, 2.75) is 70.1 Å².